The van der Waals surface area contributed by atoms with Gasteiger partial charge in [-0.2, -0.15) is 0 Å². The number of fused-ring (bicyclic) bond motifs is 5. The molecule has 4 aliphatic rings. The number of aliphatic hydroxyl groups excluding tert-OH is 1. The minimum absolute atomic E-state index is 0.0272. The van der Waals surface area contributed by atoms with E-state index >= 15 is 0 Å². The summed E-state index contributed by atoms with van der Waals surface area (Å²) in [5.41, 5.74) is 1.67. The van der Waals surface area contributed by atoms with E-state index in [4.69, 9.17) is 4.74 Å². The zero-order valence-corrected chi connectivity index (χ0v) is 18.2. The zero-order chi connectivity index (χ0) is 20.4. The van der Waals surface area contributed by atoms with Gasteiger partial charge in [-0.1, -0.05) is 26.0 Å². The van der Waals surface area contributed by atoms with Gasteiger partial charge in [0, 0.05) is 12.8 Å². The molecule has 3 heteroatoms. The first-order valence-electron chi connectivity index (χ1n) is 11.7. The van der Waals surface area contributed by atoms with Crippen LogP contribution in [0, 0.1) is 34.5 Å². The predicted molar refractivity (Wildman–Crippen MR) is 114 cm³/mol. The van der Waals surface area contributed by atoms with Gasteiger partial charge >= 0.3 is 0 Å². The average molecular weight is 397 g/mol. The summed E-state index contributed by atoms with van der Waals surface area (Å²) in [6, 6.07) is 8.70. The fourth-order valence-electron chi connectivity index (χ4n) is 8.38. The van der Waals surface area contributed by atoms with E-state index in [1.807, 2.05) is 0 Å². The Labute approximate surface area is 175 Å². The number of ether oxygens (including phenoxy) is 1. The number of rotatable bonds is 2. The van der Waals surface area contributed by atoms with Gasteiger partial charge in [0.25, 0.3) is 0 Å². The van der Waals surface area contributed by atoms with E-state index in [1.54, 1.807) is 7.11 Å². The van der Waals surface area contributed by atoms with Gasteiger partial charge in [0.15, 0.2) is 0 Å². The second kappa shape index (κ2) is 6.83. The van der Waals surface area contributed by atoms with Crippen LogP contribution in [0.15, 0.2) is 24.3 Å². The predicted octanol–water partition coefficient (Wildman–Crippen LogP) is 5.36. The van der Waals surface area contributed by atoms with Crippen LogP contribution in [0.1, 0.15) is 76.7 Å². The number of hydrogen-bond acceptors (Lipinski definition) is 3. The highest BCUT2D eigenvalue weighted by Gasteiger charge is 2.63. The molecule has 0 spiro atoms. The Bertz CT molecular complexity index is 786. The summed E-state index contributed by atoms with van der Waals surface area (Å²) >= 11 is 0. The molecule has 0 aliphatic heterocycles. The van der Waals surface area contributed by atoms with Crippen LogP contribution < -0.4 is 4.74 Å². The summed E-state index contributed by atoms with van der Waals surface area (Å²) in [4.78, 5) is 12.3. The molecule has 0 aromatic heterocycles. The molecule has 4 aliphatic carbocycles. The van der Waals surface area contributed by atoms with Crippen molar-refractivity contribution in [1.29, 1.82) is 0 Å². The van der Waals surface area contributed by atoms with Crippen molar-refractivity contribution in [3.63, 3.8) is 0 Å². The second-order valence-electron chi connectivity index (χ2n) is 11.0. The van der Waals surface area contributed by atoms with Crippen LogP contribution >= 0.6 is 0 Å². The Hall–Kier alpha value is -1.35. The number of carbonyl (C=O) groups excluding carboxylic acids is 1. The van der Waals surface area contributed by atoms with Crippen LogP contribution in [0.3, 0.4) is 0 Å². The third-order valence-corrected chi connectivity index (χ3v) is 9.93. The van der Waals surface area contributed by atoms with Gasteiger partial charge in [0.2, 0.25) is 0 Å². The molecule has 1 aromatic rings. The maximum Gasteiger partial charge on any atom is 0.133 e. The molecule has 0 saturated heterocycles. The largest absolute Gasteiger partial charge is 0.497 e. The van der Waals surface area contributed by atoms with Crippen molar-refractivity contribution in [2.24, 2.45) is 34.5 Å². The first-order valence-corrected chi connectivity index (χ1v) is 11.7. The van der Waals surface area contributed by atoms with E-state index in [0.717, 1.165) is 37.9 Å². The highest BCUT2D eigenvalue weighted by atomic mass is 16.5. The molecule has 6 unspecified atom stereocenters. The number of methoxy groups -OCH3 is 1. The van der Waals surface area contributed by atoms with Crippen molar-refractivity contribution < 1.29 is 14.6 Å². The first-order chi connectivity index (χ1) is 13.9. The number of benzene rings is 1. The monoisotopic (exact) mass is 396 g/mol. The zero-order valence-electron chi connectivity index (χ0n) is 18.2. The normalized spacial score (nSPS) is 46.6. The quantitative estimate of drug-likeness (QED) is 0.732. The molecule has 8 atom stereocenters. The maximum atomic E-state index is 12.3. The molecule has 158 valence electrons. The summed E-state index contributed by atoms with van der Waals surface area (Å²) in [6.07, 6.45) is 8.06. The summed E-state index contributed by atoms with van der Waals surface area (Å²) in [5.74, 6) is 4.30. The molecule has 3 nitrogen and oxygen atoms in total. The fraction of sp³-hybridized carbons (Fsp3) is 0.731. The standard InChI is InChI=1S/C26H36O3/c1-25-13-12-18(27)14-17(25)6-9-20-22-10-11-23(28)26(22,2)15-21(24(20)25)16-4-7-19(29-3)8-5-16/h4-5,7-8,17,20-24,28H,6,9-15H2,1-3H3/t17?,20?,21?,22?,23-,24?,25-,26?/m0/s1. The number of carbonyl (C=O) groups is 1. The third-order valence-electron chi connectivity index (χ3n) is 9.93. The Kier molecular flexibility index (Phi) is 4.62. The van der Waals surface area contributed by atoms with Crippen molar-refractivity contribution >= 4 is 5.78 Å². The van der Waals surface area contributed by atoms with Crippen LogP contribution in [0.25, 0.3) is 0 Å². The highest BCUT2D eigenvalue weighted by molar-refractivity contribution is 5.79. The summed E-state index contributed by atoms with van der Waals surface area (Å²) < 4.78 is 5.41. The van der Waals surface area contributed by atoms with Gasteiger partial charge in [0.1, 0.15) is 11.5 Å². The summed E-state index contributed by atoms with van der Waals surface area (Å²) in [6.45, 7) is 4.87. The topological polar surface area (TPSA) is 46.5 Å². The van der Waals surface area contributed by atoms with Crippen LogP contribution in [-0.4, -0.2) is 24.1 Å². The number of Topliss-reactive ketones (excluding diaryl/α,β-unsaturated/α-hetero) is 1. The minimum Gasteiger partial charge on any atom is -0.497 e. The van der Waals surface area contributed by atoms with Gasteiger partial charge < -0.3 is 9.84 Å². The van der Waals surface area contributed by atoms with E-state index in [9.17, 15) is 9.90 Å². The highest BCUT2D eigenvalue weighted by Crippen LogP contribution is 2.69. The van der Waals surface area contributed by atoms with Crippen LogP contribution in [-0.2, 0) is 4.79 Å². The minimum atomic E-state index is -0.173. The van der Waals surface area contributed by atoms with Gasteiger partial charge in [-0.3, -0.25) is 4.79 Å². The van der Waals surface area contributed by atoms with Crippen molar-refractivity contribution in [1.82, 2.24) is 0 Å². The fourth-order valence-corrected chi connectivity index (χ4v) is 8.38. The molecule has 0 bridgehead atoms. The Morgan fingerprint density at radius 1 is 1.03 bits per heavy atom. The number of aliphatic hydroxyl groups is 1. The molecule has 5 rings (SSSR count). The smallest absolute Gasteiger partial charge is 0.133 e. The van der Waals surface area contributed by atoms with E-state index in [2.05, 4.69) is 38.1 Å². The van der Waals surface area contributed by atoms with Crippen molar-refractivity contribution in [3.8, 4) is 5.75 Å². The molecular formula is C26H36O3. The lowest BCUT2D eigenvalue weighted by atomic mass is 9.42. The van der Waals surface area contributed by atoms with E-state index < -0.39 is 0 Å². The lowest BCUT2D eigenvalue weighted by Gasteiger charge is -2.62. The van der Waals surface area contributed by atoms with Crippen molar-refractivity contribution in [2.45, 2.75) is 77.2 Å². The third kappa shape index (κ3) is 2.83. The molecule has 0 heterocycles. The van der Waals surface area contributed by atoms with Gasteiger partial charge in [-0.15, -0.1) is 0 Å². The average Bonchev–Trinajstić information content (AvgIpc) is 3.02. The lowest BCUT2D eigenvalue weighted by molar-refractivity contribution is -0.147. The van der Waals surface area contributed by atoms with Crippen LogP contribution in [0.2, 0.25) is 0 Å². The van der Waals surface area contributed by atoms with Gasteiger partial charge in [0.05, 0.1) is 13.2 Å². The van der Waals surface area contributed by atoms with Crippen LogP contribution in [0.4, 0.5) is 0 Å². The molecule has 29 heavy (non-hydrogen) atoms. The summed E-state index contributed by atoms with van der Waals surface area (Å²) in [5, 5.41) is 11.0. The summed E-state index contributed by atoms with van der Waals surface area (Å²) in [7, 11) is 1.72. The van der Waals surface area contributed by atoms with Crippen molar-refractivity contribution in [3.05, 3.63) is 29.8 Å². The number of hydrogen-bond donors (Lipinski definition) is 1. The van der Waals surface area contributed by atoms with Crippen molar-refractivity contribution in [2.75, 3.05) is 7.11 Å². The Morgan fingerprint density at radius 2 is 1.79 bits per heavy atom. The Balaban J connectivity index is 1.59. The van der Waals surface area contributed by atoms with Gasteiger partial charge in [-0.25, -0.2) is 0 Å². The molecule has 1 N–H and O–H groups in total. The molecule has 4 fully saturated rings. The number of ketones is 1. The second-order valence-corrected chi connectivity index (χ2v) is 11.0. The first kappa shape index (κ1) is 19.6. The van der Waals surface area contributed by atoms with E-state index in [1.165, 1.54) is 24.8 Å². The SMILES string of the molecule is COc1ccc(C2CC3(C)C(CC[C@@H]3O)C3CCC4CC(=O)CC[C@]4(C)C23)cc1. The molecule has 0 amide bonds. The molecular weight excluding hydrogens is 360 g/mol. The molecule has 0 radical (unpaired) electrons. The van der Waals surface area contributed by atoms with Crippen LogP contribution in [0.5, 0.6) is 5.75 Å². The lowest BCUT2D eigenvalue weighted by Crippen LogP contribution is -2.56. The molecule has 1 aromatic carbocycles. The molecule has 4 saturated carbocycles. The van der Waals surface area contributed by atoms with Gasteiger partial charge in [-0.05, 0) is 96.6 Å². The maximum absolute atomic E-state index is 12.3. The van der Waals surface area contributed by atoms with E-state index in [0.29, 0.717) is 35.4 Å². The van der Waals surface area contributed by atoms with E-state index in [-0.39, 0.29) is 16.9 Å². The Morgan fingerprint density at radius 3 is 2.52 bits per heavy atom.